The molecule has 2 N–H and O–H groups in total. The number of rotatable bonds is 3. The van der Waals surface area contributed by atoms with Gasteiger partial charge in [0.1, 0.15) is 11.9 Å². The van der Waals surface area contributed by atoms with E-state index in [1.165, 1.54) is 5.56 Å². The number of fused-ring (bicyclic) bond motifs is 1. The van der Waals surface area contributed by atoms with Crippen LogP contribution in [-0.2, 0) is 19.4 Å². The average Bonchev–Trinajstić information content (AvgIpc) is 3.05. The summed E-state index contributed by atoms with van der Waals surface area (Å²) in [7, 11) is 0. The van der Waals surface area contributed by atoms with Crippen LogP contribution in [0.5, 0.6) is 0 Å². The number of hydrogen-bond acceptors (Lipinski definition) is 4. The molecule has 1 aliphatic rings. The Balaban J connectivity index is 1.85. The smallest absolute Gasteiger partial charge is 0.144 e. The molecule has 0 fully saturated rings. The molecule has 3 rings (SSSR count). The van der Waals surface area contributed by atoms with Crippen molar-refractivity contribution in [3.8, 4) is 6.07 Å². The first-order valence-electron chi connectivity index (χ1n) is 6.02. The highest BCUT2D eigenvalue weighted by Crippen LogP contribution is 2.25. The van der Waals surface area contributed by atoms with Crippen molar-refractivity contribution in [1.29, 1.82) is 5.26 Å². The largest absolute Gasteiger partial charge is 0.363 e. The van der Waals surface area contributed by atoms with E-state index in [2.05, 4.69) is 26.6 Å². The quantitative estimate of drug-likeness (QED) is 0.855. The number of aromatic amines is 1. The summed E-state index contributed by atoms with van der Waals surface area (Å²) in [5.74, 6) is 0.674. The van der Waals surface area contributed by atoms with Gasteiger partial charge in [-0.2, -0.15) is 10.4 Å². The number of hydrogen-bond donors (Lipinski definition) is 2. The maximum Gasteiger partial charge on any atom is 0.144 e. The Morgan fingerprint density at radius 2 is 2.39 bits per heavy atom. The van der Waals surface area contributed by atoms with Gasteiger partial charge in [-0.05, 0) is 37.0 Å². The Hall–Kier alpha value is -2.35. The molecule has 0 aliphatic heterocycles. The molecule has 5 nitrogen and oxygen atoms in total. The standard InChI is InChI=1S/C13H13N5/c14-7-10-6-9-2-1-3-12(9)17-13(10)15-8-11-4-5-16-18-11/h4-6H,1-3,8H2,(H,15,17)(H,16,18). The minimum atomic E-state index is 0.598. The lowest BCUT2D eigenvalue weighted by Gasteiger charge is -2.08. The van der Waals surface area contributed by atoms with Crippen molar-refractivity contribution in [1.82, 2.24) is 15.2 Å². The van der Waals surface area contributed by atoms with Gasteiger partial charge in [0.05, 0.1) is 17.8 Å². The number of aromatic nitrogens is 3. The molecule has 2 aromatic rings. The van der Waals surface area contributed by atoms with Gasteiger partial charge in [0.15, 0.2) is 0 Å². The van der Waals surface area contributed by atoms with Gasteiger partial charge >= 0.3 is 0 Å². The molecular formula is C13H13N5. The minimum Gasteiger partial charge on any atom is -0.363 e. The molecule has 0 bridgehead atoms. The molecule has 1 aliphatic carbocycles. The molecule has 5 heteroatoms. The van der Waals surface area contributed by atoms with Crippen molar-refractivity contribution in [2.75, 3.05) is 5.32 Å². The average molecular weight is 239 g/mol. The maximum absolute atomic E-state index is 9.16. The molecule has 2 heterocycles. The summed E-state index contributed by atoms with van der Waals surface area (Å²) in [5, 5.41) is 19.1. The van der Waals surface area contributed by atoms with Crippen molar-refractivity contribution < 1.29 is 0 Å². The summed E-state index contributed by atoms with van der Waals surface area (Å²) in [6.07, 6.45) is 4.90. The van der Waals surface area contributed by atoms with Gasteiger partial charge in [0.25, 0.3) is 0 Å². The van der Waals surface area contributed by atoms with Crippen LogP contribution in [0.4, 0.5) is 5.82 Å². The molecule has 90 valence electrons. The lowest BCUT2D eigenvalue weighted by Crippen LogP contribution is -2.06. The summed E-state index contributed by atoms with van der Waals surface area (Å²) in [6.45, 7) is 0.598. The number of anilines is 1. The van der Waals surface area contributed by atoms with Crippen LogP contribution in [0.3, 0.4) is 0 Å². The van der Waals surface area contributed by atoms with Crippen LogP contribution in [-0.4, -0.2) is 15.2 Å². The van der Waals surface area contributed by atoms with Crippen LogP contribution >= 0.6 is 0 Å². The van der Waals surface area contributed by atoms with Crippen molar-refractivity contribution in [2.24, 2.45) is 0 Å². The van der Waals surface area contributed by atoms with Gasteiger partial charge in [-0.1, -0.05) is 0 Å². The SMILES string of the molecule is N#Cc1cc2c(nc1NCc1ccn[nH]1)CCC2. The highest BCUT2D eigenvalue weighted by Gasteiger charge is 2.16. The maximum atomic E-state index is 9.16. The fraction of sp³-hybridized carbons (Fsp3) is 0.308. The molecular weight excluding hydrogens is 226 g/mol. The van der Waals surface area contributed by atoms with Crippen molar-refractivity contribution in [3.05, 3.63) is 40.8 Å². The Kier molecular flexibility index (Phi) is 2.69. The zero-order chi connectivity index (χ0) is 12.4. The first kappa shape index (κ1) is 10.8. The number of nitrogens with zero attached hydrogens (tertiary/aromatic N) is 3. The van der Waals surface area contributed by atoms with E-state index < -0.39 is 0 Å². The summed E-state index contributed by atoms with van der Waals surface area (Å²) in [5.41, 5.74) is 3.94. The van der Waals surface area contributed by atoms with Crippen LogP contribution in [0.25, 0.3) is 0 Å². The molecule has 0 radical (unpaired) electrons. The fourth-order valence-corrected chi connectivity index (χ4v) is 2.25. The second-order valence-electron chi connectivity index (χ2n) is 4.39. The van der Waals surface area contributed by atoms with Gasteiger partial charge in [0, 0.05) is 11.9 Å². The van der Waals surface area contributed by atoms with Crippen LogP contribution in [0.1, 0.15) is 28.9 Å². The van der Waals surface area contributed by atoms with Crippen LogP contribution < -0.4 is 5.32 Å². The van der Waals surface area contributed by atoms with Gasteiger partial charge in [-0.15, -0.1) is 0 Å². The second-order valence-corrected chi connectivity index (χ2v) is 4.39. The predicted molar refractivity (Wildman–Crippen MR) is 66.9 cm³/mol. The normalized spacial score (nSPS) is 13.1. The molecule has 0 spiro atoms. The first-order chi connectivity index (χ1) is 8.86. The Labute approximate surface area is 105 Å². The summed E-state index contributed by atoms with van der Waals surface area (Å²) in [6, 6.07) is 6.06. The lowest BCUT2D eigenvalue weighted by molar-refractivity contribution is 0.898. The van der Waals surface area contributed by atoms with Gasteiger partial charge in [-0.25, -0.2) is 4.98 Å². The molecule has 2 aromatic heterocycles. The monoisotopic (exact) mass is 239 g/mol. The molecule has 0 aromatic carbocycles. The number of nitriles is 1. The Morgan fingerprint density at radius 1 is 1.44 bits per heavy atom. The van der Waals surface area contributed by atoms with Crippen LogP contribution in [0.2, 0.25) is 0 Å². The van der Waals surface area contributed by atoms with E-state index in [4.69, 9.17) is 5.26 Å². The third-order valence-electron chi connectivity index (χ3n) is 3.18. The Bertz CT molecular complexity index is 595. The first-order valence-corrected chi connectivity index (χ1v) is 6.02. The summed E-state index contributed by atoms with van der Waals surface area (Å²) >= 11 is 0. The molecule has 0 saturated carbocycles. The number of pyridine rings is 1. The van der Waals surface area contributed by atoms with E-state index in [0.717, 1.165) is 30.7 Å². The van der Waals surface area contributed by atoms with Gasteiger partial charge in [0.2, 0.25) is 0 Å². The highest BCUT2D eigenvalue weighted by molar-refractivity contribution is 5.55. The van der Waals surface area contributed by atoms with Gasteiger partial charge < -0.3 is 5.32 Å². The third-order valence-corrected chi connectivity index (χ3v) is 3.18. The third kappa shape index (κ3) is 1.93. The highest BCUT2D eigenvalue weighted by atomic mass is 15.1. The molecule has 0 unspecified atom stereocenters. The number of nitrogens with one attached hydrogen (secondary N) is 2. The van der Waals surface area contributed by atoms with E-state index in [0.29, 0.717) is 17.9 Å². The van der Waals surface area contributed by atoms with Crippen molar-refractivity contribution in [3.63, 3.8) is 0 Å². The second kappa shape index (κ2) is 4.49. The van der Waals surface area contributed by atoms with E-state index >= 15 is 0 Å². The number of aryl methyl sites for hydroxylation is 2. The molecule has 0 amide bonds. The number of H-pyrrole nitrogens is 1. The fourth-order valence-electron chi connectivity index (χ4n) is 2.25. The van der Waals surface area contributed by atoms with Crippen LogP contribution in [0, 0.1) is 11.3 Å². The summed E-state index contributed by atoms with van der Waals surface area (Å²) in [4.78, 5) is 4.56. The van der Waals surface area contributed by atoms with E-state index in [9.17, 15) is 0 Å². The van der Waals surface area contributed by atoms with E-state index in [1.807, 2.05) is 12.1 Å². The van der Waals surface area contributed by atoms with E-state index in [-0.39, 0.29) is 0 Å². The minimum absolute atomic E-state index is 0.598. The van der Waals surface area contributed by atoms with Gasteiger partial charge in [-0.3, -0.25) is 5.10 Å². The lowest BCUT2D eigenvalue weighted by atomic mass is 10.1. The van der Waals surface area contributed by atoms with E-state index in [1.54, 1.807) is 6.20 Å². The topological polar surface area (TPSA) is 77.4 Å². The van der Waals surface area contributed by atoms with Crippen molar-refractivity contribution in [2.45, 2.75) is 25.8 Å². The molecule has 0 saturated heterocycles. The molecule has 0 atom stereocenters. The summed E-state index contributed by atoms with van der Waals surface area (Å²) < 4.78 is 0. The zero-order valence-corrected chi connectivity index (χ0v) is 9.90. The van der Waals surface area contributed by atoms with Crippen molar-refractivity contribution >= 4 is 5.82 Å². The molecule has 18 heavy (non-hydrogen) atoms. The van der Waals surface area contributed by atoms with Crippen LogP contribution in [0.15, 0.2) is 18.3 Å². The predicted octanol–water partition coefficient (Wildman–Crippen LogP) is 1.78. The zero-order valence-electron chi connectivity index (χ0n) is 9.90. The Morgan fingerprint density at radius 3 is 3.17 bits per heavy atom.